The van der Waals surface area contributed by atoms with Crippen molar-refractivity contribution in [3.05, 3.63) is 0 Å². The van der Waals surface area contributed by atoms with Crippen LogP contribution in [-0.4, -0.2) is 60.9 Å². The predicted molar refractivity (Wildman–Crippen MR) is 74.3 cm³/mol. The molecule has 6 heteroatoms. The number of carbonyl (C=O) groups excluding carboxylic acids is 1. The van der Waals surface area contributed by atoms with Gasteiger partial charge in [0.05, 0.1) is 12.6 Å². The summed E-state index contributed by atoms with van der Waals surface area (Å²) in [6, 6.07) is -0.442. The van der Waals surface area contributed by atoms with Crippen molar-refractivity contribution in [2.24, 2.45) is 5.92 Å². The summed E-state index contributed by atoms with van der Waals surface area (Å²) in [6.07, 6.45) is 0.187. The molecular weight excluding hydrogens is 262 g/mol. The fourth-order valence-corrected chi connectivity index (χ4v) is 2.45. The van der Waals surface area contributed by atoms with Crippen LogP contribution in [0.3, 0.4) is 0 Å². The lowest BCUT2D eigenvalue weighted by Gasteiger charge is -2.35. The van der Waals surface area contributed by atoms with Gasteiger partial charge in [-0.2, -0.15) is 0 Å². The third kappa shape index (κ3) is 4.33. The molecule has 20 heavy (non-hydrogen) atoms. The maximum absolute atomic E-state index is 12.3. The third-order valence-electron chi connectivity index (χ3n) is 3.45. The van der Waals surface area contributed by atoms with Crippen molar-refractivity contribution >= 4 is 6.09 Å². The molecule has 1 saturated heterocycles. The van der Waals surface area contributed by atoms with Crippen molar-refractivity contribution in [3.8, 4) is 0 Å². The highest BCUT2D eigenvalue weighted by Crippen LogP contribution is 2.32. The Hall–Kier alpha value is -0.850. The number of hydrogen-bond donors (Lipinski definition) is 1. The van der Waals surface area contributed by atoms with Crippen molar-refractivity contribution in [2.45, 2.75) is 51.5 Å². The first kappa shape index (κ1) is 17.2. The second-order valence-corrected chi connectivity index (χ2v) is 6.46. The molecule has 6 nitrogen and oxygen atoms in total. The van der Waals surface area contributed by atoms with Crippen LogP contribution < -0.4 is 0 Å². The molecule has 0 spiro atoms. The Morgan fingerprint density at radius 1 is 1.30 bits per heavy atom. The summed E-state index contributed by atoms with van der Waals surface area (Å²) in [5.74, 6) is -1.24. The maximum Gasteiger partial charge on any atom is 0.410 e. The summed E-state index contributed by atoms with van der Waals surface area (Å²) >= 11 is 0. The Balaban J connectivity index is 2.86. The maximum atomic E-state index is 12.3. The van der Waals surface area contributed by atoms with Crippen LogP contribution in [0.15, 0.2) is 0 Å². The van der Waals surface area contributed by atoms with Crippen LogP contribution in [0.1, 0.15) is 34.1 Å². The van der Waals surface area contributed by atoms with Crippen molar-refractivity contribution < 1.29 is 24.1 Å². The smallest absolute Gasteiger partial charge is 0.410 e. The average molecular weight is 289 g/mol. The minimum Gasteiger partial charge on any atom is -0.444 e. The number of likely N-dealkylation sites (tertiary alicyclic amines) is 1. The first-order valence-electron chi connectivity index (χ1n) is 6.86. The second-order valence-electron chi connectivity index (χ2n) is 6.46. The highest BCUT2D eigenvalue weighted by atomic mass is 16.6. The Morgan fingerprint density at radius 3 is 2.35 bits per heavy atom. The number of nitrogens with zero attached hydrogens (tertiary/aromatic N) is 1. The minimum absolute atomic E-state index is 0.166. The predicted octanol–water partition coefficient (Wildman–Crippen LogP) is 1.61. The number of rotatable bonds is 4. The number of amides is 1. The van der Waals surface area contributed by atoms with E-state index in [4.69, 9.17) is 14.2 Å². The SMILES string of the molecule is COC[C@H]1CC(C(C)(O)OC)N(C(=O)OC(C)(C)C)C1. The van der Waals surface area contributed by atoms with Gasteiger partial charge in [-0.15, -0.1) is 0 Å². The number of hydrogen-bond acceptors (Lipinski definition) is 5. The summed E-state index contributed by atoms with van der Waals surface area (Å²) in [4.78, 5) is 13.8. The van der Waals surface area contributed by atoms with Gasteiger partial charge in [-0.25, -0.2) is 4.79 Å². The molecule has 0 aromatic rings. The summed E-state index contributed by atoms with van der Waals surface area (Å²) < 4.78 is 15.7. The molecule has 0 aromatic heterocycles. The Morgan fingerprint density at radius 2 is 1.90 bits per heavy atom. The fourth-order valence-electron chi connectivity index (χ4n) is 2.45. The van der Waals surface area contributed by atoms with Crippen LogP contribution in [0, 0.1) is 5.92 Å². The second kappa shape index (κ2) is 6.28. The molecule has 0 aliphatic carbocycles. The molecule has 1 N–H and O–H groups in total. The van der Waals surface area contributed by atoms with Gasteiger partial charge in [-0.05, 0) is 34.1 Å². The van der Waals surface area contributed by atoms with E-state index in [0.29, 0.717) is 19.6 Å². The van der Waals surface area contributed by atoms with E-state index in [1.54, 1.807) is 18.9 Å². The fraction of sp³-hybridized carbons (Fsp3) is 0.929. The van der Waals surface area contributed by atoms with Crippen LogP contribution in [-0.2, 0) is 14.2 Å². The van der Waals surface area contributed by atoms with Crippen LogP contribution in [0.4, 0.5) is 4.79 Å². The zero-order chi connectivity index (χ0) is 15.6. The quantitative estimate of drug-likeness (QED) is 0.796. The summed E-state index contributed by atoms with van der Waals surface area (Å²) in [5, 5.41) is 10.3. The molecule has 1 aliphatic rings. The van der Waals surface area contributed by atoms with Gasteiger partial charge in [0.1, 0.15) is 5.60 Å². The molecule has 0 aromatic carbocycles. The van der Waals surface area contributed by atoms with Gasteiger partial charge in [0.25, 0.3) is 0 Å². The topological polar surface area (TPSA) is 68.2 Å². The molecule has 0 saturated carbocycles. The van der Waals surface area contributed by atoms with E-state index < -0.39 is 23.5 Å². The zero-order valence-electron chi connectivity index (χ0n) is 13.3. The van der Waals surface area contributed by atoms with E-state index in [1.165, 1.54) is 7.11 Å². The van der Waals surface area contributed by atoms with Gasteiger partial charge in [0.2, 0.25) is 0 Å². The van der Waals surface area contributed by atoms with Gasteiger partial charge in [0, 0.05) is 26.7 Å². The van der Waals surface area contributed by atoms with Crippen LogP contribution in [0.2, 0.25) is 0 Å². The van der Waals surface area contributed by atoms with E-state index in [1.807, 2.05) is 20.8 Å². The van der Waals surface area contributed by atoms with Gasteiger partial charge < -0.3 is 19.3 Å². The molecule has 0 radical (unpaired) electrons. The van der Waals surface area contributed by atoms with E-state index in [9.17, 15) is 9.90 Å². The molecule has 0 bridgehead atoms. The Bertz CT molecular complexity index is 337. The van der Waals surface area contributed by atoms with Crippen LogP contribution >= 0.6 is 0 Å². The number of ether oxygens (including phenoxy) is 3. The van der Waals surface area contributed by atoms with Crippen LogP contribution in [0.5, 0.6) is 0 Å². The van der Waals surface area contributed by atoms with Gasteiger partial charge >= 0.3 is 6.09 Å². The first-order chi connectivity index (χ1) is 9.10. The van der Waals surface area contributed by atoms with E-state index in [2.05, 4.69) is 0 Å². The lowest BCUT2D eigenvalue weighted by molar-refractivity contribution is -0.205. The molecule has 1 aliphatic heterocycles. The number of aliphatic hydroxyl groups is 1. The van der Waals surface area contributed by atoms with E-state index in [0.717, 1.165) is 0 Å². The van der Waals surface area contributed by atoms with Crippen molar-refractivity contribution in [1.82, 2.24) is 4.90 Å². The molecule has 118 valence electrons. The molecule has 1 fully saturated rings. The van der Waals surface area contributed by atoms with Crippen molar-refractivity contribution in [2.75, 3.05) is 27.4 Å². The molecular formula is C14H27NO5. The largest absolute Gasteiger partial charge is 0.444 e. The van der Waals surface area contributed by atoms with Crippen molar-refractivity contribution in [3.63, 3.8) is 0 Å². The average Bonchev–Trinajstić information content (AvgIpc) is 2.72. The number of carbonyl (C=O) groups is 1. The molecule has 1 amide bonds. The monoisotopic (exact) mass is 289 g/mol. The zero-order valence-corrected chi connectivity index (χ0v) is 13.3. The van der Waals surface area contributed by atoms with E-state index in [-0.39, 0.29) is 5.92 Å². The summed E-state index contributed by atoms with van der Waals surface area (Å²) in [5.41, 5.74) is -0.570. The first-order valence-corrected chi connectivity index (χ1v) is 6.86. The van der Waals surface area contributed by atoms with Crippen molar-refractivity contribution in [1.29, 1.82) is 0 Å². The standard InChI is InChI=1S/C14H27NO5/c1-13(2,3)20-12(16)15-8-10(9-18-5)7-11(15)14(4,17)19-6/h10-11,17H,7-9H2,1-6H3/t10-,11?,14?/m0/s1. The van der Waals surface area contributed by atoms with E-state index >= 15 is 0 Å². The highest BCUT2D eigenvalue weighted by Gasteiger charge is 2.46. The summed E-state index contributed by atoms with van der Waals surface area (Å²) in [7, 11) is 3.05. The molecule has 2 unspecified atom stereocenters. The minimum atomic E-state index is -1.40. The van der Waals surface area contributed by atoms with Gasteiger partial charge in [-0.1, -0.05) is 0 Å². The lowest BCUT2D eigenvalue weighted by Crippen LogP contribution is -2.52. The Labute approximate surface area is 121 Å². The molecule has 1 rings (SSSR count). The molecule has 3 atom stereocenters. The van der Waals surface area contributed by atoms with Crippen LogP contribution in [0.25, 0.3) is 0 Å². The third-order valence-corrected chi connectivity index (χ3v) is 3.45. The van der Waals surface area contributed by atoms with Gasteiger partial charge in [-0.3, -0.25) is 4.90 Å². The normalized spacial score (nSPS) is 26.4. The molecule has 1 heterocycles. The Kier molecular flexibility index (Phi) is 5.40. The summed E-state index contributed by atoms with van der Waals surface area (Å²) in [6.45, 7) is 8.04. The van der Waals surface area contributed by atoms with Gasteiger partial charge in [0.15, 0.2) is 5.79 Å². The highest BCUT2D eigenvalue weighted by molar-refractivity contribution is 5.69. The lowest BCUT2D eigenvalue weighted by atomic mass is 10.0. The number of methoxy groups -OCH3 is 2.